The standard InChI is InChI=1S/C7H7.H2O.Sn/c1-7-5-3-2-4-6-7;;/h2-6H,1H2;1H2;/q;;+1/p-1. The Morgan fingerprint density at radius 1 is 1.22 bits per heavy atom. The minimum atomic E-state index is -1.01. The third-order valence-corrected chi connectivity index (χ3v) is 2.74. The molecule has 0 atom stereocenters. The summed E-state index contributed by atoms with van der Waals surface area (Å²) >= 11 is -1.01. The molecule has 1 N–H and O–H groups in total. The summed E-state index contributed by atoms with van der Waals surface area (Å²) in [6, 6.07) is 10.1. The van der Waals surface area contributed by atoms with E-state index in [2.05, 4.69) is 12.1 Å². The second-order valence-corrected chi connectivity index (χ2v) is 3.73. The van der Waals surface area contributed by atoms with Gasteiger partial charge < -0.3 is 0 Å². The van der Waals surface area contributed by atoms with Gasteiger partial charge >= 0.3 is 65.3 Å². The first kappa shape index (κ1) is 7.09. The van der Waals surface area contributed by atoms with Gasteiger partial charge in [-0.25, -0.2) is 0 Å². The molecule has 2 radical (unpaired) electrons. The molecule has 0 saturated carbocycles. The van der Waals surface area contributed by atoms with Crippen LogP contribution in [0.25, 0.3) is 0 Å². The van der Waals surface area contributed by atoms with Crippen LogP contribution < -0.4 is 0 Å². The van der Waals surface area contributed by atoms with Gasteiger partial charge in [-0.3, -0.25) is 0 Å². The first-order chi connectivity index (χ1) is 4.43. The Morgan fingerprint density at radius 2 is 1.89 bits per heavy atom. The maximum absolute atomic E-state index is 8.69. The molecule has 1 aromatic carbocycles. The summed E-state index contributed by atoms with van der Waals surface area (Å²) in [5.41, 5.74) is 1.27. The van der Waals surface area contributed by atoms with Gasteiger partial charge in [-0.15, -0.1) is 0 Å². The van der Waals surface area contributed by atoms with E-state index in [9.17, 15) is 0 Å². The Labute approximate surface area is 65.5 Å². The average Bonchev–Trinajstić information content (AvgIpc) is 1.91. The van der Waals surface area contributed by atoms with Gasteiger partial charge in [-0.1, -0.05) is 0 Å². The van der Waals surface area contributed by atoms with Gasteiger partial charge in [0, 0.05) is 0 Å². The fourth-order valence-corrected chi connectivity index (χ4v) is 1.88. The Hall–Kier alpha value is -0.0213. The summed E-state index contributed by atoms with van der Waals surface area (Å²) in [5, 5.41) is 0. The van der Waals surface area contributed by atoms with Crippen LogP contribution in [0.5, 0.6) is 0 Å². The summed E-state index contributed by atoms with van der Waals surface area (Å²) in [4.78, 5) is 0. The molecule has 0 fully saturated rings. The zero-order valence-electron chi connectivity index (χ0n) is 5.04. The minimum absolute atomic E-state index is 0.935. The van der Waals surface area contributed by atoms with Crippen LogP contribution in [0.2, 0.25) is 0 Å². The van der Waals surface area contributed by atoms with E-state index in [-0.39, 0.29) is 0 Å². The van der Waals surface area contributed by atoms with Gasteiger partial charge in [0.15, 0.2) is 0 Å². The molecule has 0 amide bonds. The molecule has 0 unspecified atom stereocenters. The summed E-state index contributed by atoms with van der Waals surface area (Å²) in [7, 11) is 0. The van der Waals surface area contributed by atoms with E-state index in [1.165, 1.54) is 5.56 Å². The van der Waals surface area contributed by atoms with Crippen molar-refractivity contribution < 1.29 is 3.44 Å². The Balaban J connectivity index is 2.61. The third-order valence-electron chi connectivity index (χ3n) is 1.13. The summed E-state index contributed by atoms with van der Waals surface area (Å²) < 4.78 is 9.62. The topological polar surface area (TPSA) is 20.2 Å². The molecule has 0 aromatic heterocycles. The molecule has 1 aromatic rings. The predicted octanol–water partition coefficient (Wildman–Crippen LogP) is 0.798. The van der Waals surface area contributed by atoms with Crippen LogP contribution in [0.3, 0.4) is 0 Å². The maximum atomic E-state index is 8.69. The van der Waals surface area contributed by atoms with E-state index in [1.807, 2.05) is 18.2 Å². The van der Waals surface area contributed by atoms with E-state index < -0.39 is 21.6 Å². The monoisotopic (exact) mass is 228 g/mol. The van der Waals surface area contributed by atoms with Crippen LogP contribution in [0.15, 0.2) is 30.3 Å². The van der Waals surface area contributed by atoms with Gasteiger partial charge in [-0.2, -0.15) is 0 Å². The molecule has 1 nitrogen and oxygen atoms in total. The van der Waals surface area contributed by atoms with E-state index in [4.69, 9.17) is 3.44 Å². The molecule has 0 spiro atoms. The molecule has 0 aliphatic heterocycles. The number of benzene rings is 1. The van der Waals surface area contributed by atoms with E-state index in [0.717, 1.165) is 4.44 Å². The molecule has 0 aliphatic rings. The van der Waals surface area contributed by atoms with Crippen molar-refractivity contribution in [3.8, 4) is 0 Å². The average molecular weight is 227 g/mol. The van der Waals surface area contributed by atoms with Crippen molar-refractivity contribution in [2.45, 2.75) is 4.44 Å². The van der Waals surface area contributed by atoms with Crippen LogP contribution in [0, 0.1) is 0 Å². The molecule has 46 valence electrons. The molecular formula is C7H8OSn. The second-order valence-electron chi connectivity index (χ2n) is 1.82. The molecular weight excluding hydrogens is 219 g/mol. The van der Waals surface area contributed by atoms with E-state index >= 15 is 0 Å². The van der Waals surface area contributed by atoms with E-state index in [0.29, 0.717) is 0 Å². The van der Waals surface area contributed by atoms with Crippen molar-refractivity contribution in [3.63, 3.8) is 0 Å². The number of hydrogen-bond acceptors (Lipinski definition) is 1. The normalized spacial score (nSPS) is 9.44. The third kappa shape index (κ3) is 2.37. The molecule has 9 heavy (non-hydrogen) atoms. The molecule has 0 aliphatic carbocycles. The molecule has 0 bridgehead atoms. The zero-order chi connectivity index (χ0) is 6.53. The Kier molecular flexibility index (Phi) is 3.07. The molecule has 2 heteroatoms. The van der Waals surface area contributed by atoms with Crippen molar-refractivity contribution in [3.05, 3.63) is 35.9 Å². The van der Waals surface area contributed by atoms with Crippen LogP contribution in [0.1, 0.15) is 5.56 Å². The Bertz CT molecular complexity index is 162. The SMILES string of the molecule is [OH][Sn][CH2]c1ccccc1. The van der Waals surface area contributed by atoms with Crippen LogP contribution in [-0.2, 0) is 4.44 Å². The van der Waals surface area contributed by atoms with Crippen molar-refractivity contribution in [1.82, 2.24) is 0 Å². The first-order valence-corrected chi connectivity index (χ1v) is 6.14. The van der Waals surface area contributed by atoms with Crippen molar-refractivity contribution in [2.24, 2.45) is 0 Å². The fourth-order valence-electron chi connectivity index (χ4n) is 0.687. The van der Waals surface area contributed by atoms with Crippen molar-refractivity contribution in [2.75, 3.05) is 0 Å². The zero-order valence-corrected chi connectivity index (χ0v) is 7.90. The molecule has 0 saturated heterocycles. The van der Waals surface area contributed by atoms with Gasteiger partial charge in [0.2, 0.25) is 0 Å². The van der Waals surface area contributed by atoms with Gasteiger partial charge in [0.25, 0.3) is 0 Å². The Morgan fingerprint density at radius 3 is 2.44 bits per heavy atom. The number of rotatable bonds is 2. The fraction of sp³-hybridized carbons (Fsp3) is 0.143. The molecule has 0 heterocycles. The second kappa shape index (κ2) is 3.90. The van der Waals surface area contributed by atoms with E-state index in [1.54, 1.807) is 0 Å². The summed E-state index contributed by atoms with van der Waals surface area (Å²) in [6.45, 7) is 0. The van der Waals surface area contributed by atoms with Crippen molar-refractivity contribution in [1.29, 1.82) is 0 Å². The predicted molar refractivity (Wildman–Crippen MR) is 38.1 cm³/mol. The van der Waals surface area contributed by atoms with Crippen LogP contribution >= 0.6 is 0 Å². The van der Waals surface area contributed by atoms with Crippen LogP contribution in [0.4, 0.5) is 0 Å². The quantitative estimate of drug-likeness (QED) is 0.740. The number of hydrogen-bond donors (Lipinski definition) is 1. The summed E-state index contributed by atoms with van der Waals surface area (Å²) in [5.74, 6) is 0. The van der Waals surface area contributed by atoms with Crippen LogP contribution in [-0.4, -0.2) is 25.0 Å². The van der Waals surface area contributed by atoms with Gasteiger partial charge in [0.1, 0.15) is 0 Å². The molecule has 1 rings (SSSR count). The van der Waals surface area contributed by atoms with Gasteiger partial charge in [-0.05, 0) is 0 Å². The van der Waals surface area contributed by atoms with Gasteiger partial charge in [0.05, 0.1) is 0 Å². The first-order valence-electron chi connectivity index (χ1n) is 2.84. The summed E-state index contributed by atoms with van der Waals surface area (Å²) in [6.07, 6.45) is 0. The van der Waals surface area contributed by atoms with Crippen molar-refractivity contribution >= 4 is 21.6 Å².